The third-order valence-electron chi connectivity index (χ3n) is 1.37. The lowest BCUT2D eigenvalue weighted by Crippen LogP contribution is -2.39. The van der Waals surface area contributed by atoms with Crippen LogP contribution in [-0.2, 0) is 19.7 Å². The Bertz CT molecular complexity index is 232. The van der Waals surface area contributed by atoms with E-state index in [9.17, 15) is 8.42 Å². The van der Waals surface area contributed by atoms with Crippen molar-refractivity contribution < 1.29 is 23.0 Å². The first-order valence-electron chi connectivity index (χ1n) is 4.54. The van der Waals surface area contributed by atoms with Crippen molar-refractivity contribution in [2.24, 2.45) is 0 Å². The quantitative estimate of drug-likeness (QED) is 0.387. The minimum atomic E-state index is -3.46. The molecule has 7 nitrogen and oxygen atoms in total. The zero-order chi connectivity index (χ0) is 11.6. The van der Waals surface area contributed by atoms with Crippen LogP contribution in [0.4, 0.5) is 0 Å². The van der Waals surface area contributed by atoms with Crippen LogP contribution in [0.5, 0.6) is 0 Å². The summed E-state index contributed by atoms with van der Waals surface area (Å²) in [6.07, 6.45) is 0. The Morgan fingerprint density at radius 3 is 2.27 bits per heavy atom. The smallest absolute Gasteiger partial charge is 0.277 e. The van der Waals surface area contributed by atoms with Gasteiger partial charge in [-0.3, -0.25) is 0 Å². The van der Waals surface area contributed by atoms with Gasteiger partial charge < -0.3 is 14.6 Å². The van der Waals surface area contributed by atoms with Crippen LogP contribution < -0.4 is 9.44 Å². The molecule has 0 fully saturated rings. The largest absolute Gasteiger partial charge is 0.394 e. The second kappa shape index (κ2) is 9.01. The fraction of sp³-hybridized carbons (Fsp3) is 1.00. The molecule has 0 radical (unpaired) electrons. The molecule has 0 heterocycles. The summed E-state index contributed by atoms with van der Waals surface area (Å²) in [7, 11) is -1.97. The summed E-state index contributed by atoms with van der Waals surface area (Å²) in [6.45, 7) is 1.08. The number of aliphatic hydroxyl groups excluding tert-OH is 1. The maximum Gasteiger partial charge on any atom is 0.277 e. The summed E-state index contributed by atoms with van der Waals surface area (Å²) < 4.78 is 36.4. The molecule has 0 spiro atoms. The highest BCUT2D eigenvalue weighted by molar-refractivity contribution is 7.87. The van der Waals surface area contributed by atoms with E-state index in [0.717, 1.165) is 0 Å². The molecule has 0 aliphatic carbocycles. The van der Waals surface area contributed by atoms with Gasteiger partial charge in [-0.1, -0.05) is 0 Å². The SMILES string of the molecule is COCCNS(=O)(=O)NCCOCCO. The summed E-state index contributed by atoms with van der Waals surface area (Å²) in [6, 6.07) is 0. The van der Waals surface area contributed by atoms with Crippen molar-refractivity contribution >= 4 is 10.2 Å². The fourth-order valence-electron chi connectivity index (χ4n) is 0.744. The van der Waals surface area contributed by atoms with Crippen molar-refractivity contribution in [3.8, 4) is 0 Å². The van der Waals surface area contributed by atoms with Crippen LogP contribution in [0.3, 0.4) is 0 Å². The molecule has 3 N–H and O–H groups in total. The van der Waals surface area contributed by atoms with Crippen molar-refractivity contribution in [3.05, 3.63) is 0 Å². The molecule has 0 aliphatic rings. The molecule has 8 heteroatoms. The molecule has 0 bridgehead atoms. The van der Waals surface area contributed by atoms with E-state index in [1.807, 2.05) is 0 Å². The van der Waals surface area contributed by atoms with E-state index in [1.165, 1.54) is 7.11 Å². The van der Waals surface area contributed by atoms with Gasteiger partial charge in [-0.15, -0.1) is 0 Å². The molecule has 0 amide bonds. The zero-order valence-electron chi connectivity index (χ0n) is 8.73. The van der Waals surface area contributed by atoms with Crippen molar-refractivity contribution in [1.29, 1.82) is 0 Å². The Balaban J connectivity index is 3.47. The van der Waals surface area contributed by atoms with E-state index in [2.05, 4.69) is 14.2 Å². The molecule has 15 heavy (non-hydrogen) atoms. The van der Waals surface area contributed by atoms with Crippen LogP contribution in [0.15, 0.2) is 0 Å². The number of aliphatic hydroxyl groups is 1. The van der Waals surface area contributed by atoms with Gasteiger partial charge in [-0.05, 0) is 0 Å². The summed E-state index contributed by atoms with van der Waals surface area (Å²) in [5, 5.41) is 8.38. The van der Waals surface area contributed by atoms with E-state index in [1.54, 1.807) is 0 Å². The lowest BCUT2D eigenvalue weighted by atomic mass is 10.7. The lowest BCUT2D eigenvalue weighted by Gasteiger charge is -2.07. The Labute approximate surface area is 89.9 Å². The number of nitrogens with one attached hydrogen (secondary N) is 2. The average Bonchev–Trinajstić information content (AvgIpc) is 2.17. The Kier molecular flexibility index (Phi) is 8.86. The maximum absolute atomic E-state index is 11.2. The number of ether oxygens (including phenoxy) is 2. The molecule has 92 valence electrons. The summed E-state index contributed by atoms with van der Waals surface area (Å²) in [5.74, 6) is 0. The Morgan fingerprint density at radius 2 is 1.73 bits per heavy atom. The molecule has 0 saturated carbocycles. The van der Waals surface area contributed by atoms with Crippen molar-refractivity contribution in [2.75, 3.05) is 46.6 Å². The number of hydrogen-bond donors (Lipinski definition) is 3. The van der Waals surface area contributed by atoms with Gasteiger partial charge in [-0.2, -0.15) is 17.9 Å². The normalized spacial score (nSPS) is 11.9. The van der Waals surface area contributed by atoms with Crippen LogP contribution in [0.25, 0.3) is 0 Å². The lowest BCUT2D eigenvalue weighted by molar-refractivity contribution is 0.0961. The molecule has 0 aromatic rings. The number of hydrogen-bond acceptors (Lipinski definition) is 5. The second-order valence-corrected chi connectivity index (χ2v) is 4.21. The zero-order valence-corrected chi connectivity index (χ0v) is 9.55. The third kappa shape index (κ3) is 10.0. The summed E-state index contributed by atoms with van der Waals surface area (Å²) in [4.78, 5) is 0. The van der Waals surface area contributed by atoms with Gasteiger partial charge in [-0.25, -0.2) is 0 Å². The first-order valence-corrected chi connectivity index (χ1v) is 6.02. The van der Waals surface area contributed by atoms with Gasteiger partial charge in [0.2, 0.25) is 0 Å². The first kappa shape index (κ1) is 14.8. The van der Waals surface area contributed by atoms with Gasteiger partial charge in [0.05, 0.1) is 26.4 Å². The summed E-state index contributed by atoms with van der Waals surface area (Å²) >= 11 is 0. The van der Waals surface area contributed by atoms with Crippen molar-refractivity contribution in [1.82, 2.24) is 9.44 Å². The topological polar surface area (TPSA) is 96.9 Å². The van der Waals surface area contributed by atoms with E-state index in [-0.39, 0.29) is 32.9 Å². The maximum atomic E-state index is 11.2. The minimum Gasteiger partial charge on any atom is -0.394 e. The van der Waals surface area contributed by atoms with Crippen LogP contribution in [0.2, 0.25) is 0 Å². The van der Waals surface area contributed by atoms with Crippen LogP contribution in [0, 0.1) is 0 Å². The van der Waals surface area contributed by atoms with Gasteiger partial charge >= 0.3 is 0 Å². The molecule has 0 aromatic carbocycles. The van der Waals surface area contributed by atoms with Gasteiger partial charge in [0.25, 0.3) is 10.2 Å². The number of rotatable bonds is 10. The van der Waals surface area contributed by atoms with Gasteiger partial charge in [0.1, 0.15) is 0 Å². The van der Waals surface area contributed by atoms with Gasteiger partial charge in [0, 0.05) is 20.2 Å². The average molecular weight is 242 g/mol. The molecule has 0 unspecified atom stereocenters. The molecular weight excluding hydrogens is 224 g/mol. The Hall–Kier alpha value is -0.250. The van der Waals surface area contributed by atoms with E-state index >= 15 is 0 Å². The van der Waals surface area contributed by atoms with E-state index in [0.29, 0.717) is 6.61 Å². The predicted molar refractivity (Wildman–Crippen MR) is 54.7 cm³/mol. The fourth-order valence-corrected chi connectivity index (χ4v) is 1.55. The molecular formula is C7H18N2O5S. The van der Waals surface area contributed by atoms with Crippen LogP contribution >= 0.6 is 0 Å². The Morgan fingerprint density at radius 1 is 1.13 bits per heavy atom. The highest BCUT2D eigenvalue weighted by Crippen LogP contribution is 1.78. The number of methoxy groups -OCH3 is 1. The molecule has 0 aromatic heterocycles. The molecule has 0 rings (SSSR count). The second-order valence-electron chi connectivity index (χ2n) is 2.62. The highest BCUT2D eigenvalue weighted by Gasteiger charge is 2.06. The monoisotopic (exact) mass is 242 g/mol. The van der Waals surface area contributed by atoms with Crippen LogP contribution in [-0.4, -0.2) is 60.2 Å². The molecule has 0 atom stereocenters. The van der Waals surface area contributed by atoms with Crippen molar-refractivity contribution in [3.63, 3.8) is 0 Å². The summed E-state index contributed by atoms with van der Waals surface area (Å²) in [5.41, 5.74) is 0. The van der Waals surface area contributed by atoms with Crippen molar-refractivity contribution in [2.45, 2.75) is 0 Å². The minimum absolute atomic E-state index is 0.0706. The molecule has 0 aliphatic heterocycles. The predicted octanol–water partition coefficient (Wildman–Crippen LogP) is -1.93. The van der Waals surface area contributed by atoms with Gasteiger partial charge in [0.15, 0.2) is 0 Å². The van der Waals surface area contributed by atoms with Crippen LogP contribution in [0.1, 0.15) is 0 Å². The third-order valence-corrected chi connectivity index (χ3v) is 2.54. The first-order chi connectivity index (χ1) is 7.12. The van der Waals surface area contributed by atoms with E-state index in [4.69, 9.17) is 9.84 Å². The van der Waals surface area contributed by atoms with E-state index < -0.39 is 10.2 Å². The molecule has 0 saturated heterocycles. The standard InChI is InChI=1S/C7H18N2O5S/c1-13-5-2-8-15(11,12)9-3-6-14-7-4-10/h8-10H,2-7H2,1H3. The highest BCUT2D eigenvalue weighted by atomic mass is 32.2.